The van der Waals surface area contributed by atoms with E-state index >= 15 is 0 Å². The highest BCUT2D eigenvalue weighted by Gasteiger charge is 2.23. The second kappa shape index (κ2) is 11.4. The SMILES string of the molecule is CC(=O)Oc1ccc(S(=O)(=O)c2ccc(CCN(Cc3ccccc3)C(=O)OC(C)(C)C)cc2)cc1. The van der Waals surface area contributed by atoms with Gasteiger partial charge in [-0.05, 0) is 74.7 Å². The summed E-state index contributed by atoms with van der Waals surface area (Å²) in [7, 11) is -3.73. The van der Waals surface area contributed by atoms with Crippen molar-refractivity contribution < 1.29 is 27.5 Å². The third-order valence-corrected chi connectivity index (χ3v) is 6.95. The number of esters is 1. The summed E-state index contributed by atoms with van der Waals surface area (Å²) in [6.45, 7) is 7.58. The van der Waals surface area contributed by atoms with Crippen LogP contribution in [0.1, 0.15) is 38.8 Å². The van der Waals surface area contributed by atoms with Gasteiger partial charge in [0.25, 0.3) is 0 Å². The lowest BCUT2D eigenvalue weighted by Crippen LogP contribution is -2.37. The Balaban J connectivity index is 1.71. The summed E-state index contributed by atoms with van der Waals surface area (Å²) in [5.41, 5.74) is 1.27. The Morgan fingerprint density at radius 2 is 1.36 bits per heavy atom. The van der Waals surface area contributed by atoms with Crippen molar-refractivity contribution in [1.82, 2.24) is 4.90 Å². The minimum absolute atomic E-state index is 0.102. The molecule has 0 atom stereocenters. The third kappa shape index (κ3) is 7.68. The number of sulfone groups is 1. The van der Waals surface area contributed by atoms with Crippen molar-refractivity contribution in [3.63, 3.8) is 0 Å². The van der Waals surface area contributed by atoms with Gasteiger partial charge in [0.15, 0.2) is 0 Å². The van der Waals surface area contributed by atoms with Gasteiger partial charge in [0, 0.05) is 20.0 Å². The predicted octanol–water partition coefficient (Wildman–Crippen LogP) is 5.42. The van der Waals surface area contributed by atoms with Crippen molar-refractivity contribution in [3.8, 4) is 5.75 Å². The molecule has 3 aromatic carbocycles. The van der Waals surface area contributed by atoms with E-state index in [4.69, 9.17) is 9.47 Å². The number of carbonyl (C=O) groups excluding carboxylic acids is 2. The van der Waals surface area contributed by atoms with Crippen LogP contribution >= 0.6 is 0 Å². The summed E-state index contributed by atoms with van der Waals surface area (Å²) >= 11 is 0. The van der Waals surface area contributed by atoms with Crippen LogP contribution in [0, 0.1) is 0 Å². The van der Waals surface area contributed by atoms with E-state index in [1.165, 1.54) is 31.2 Å². The Labute approximate surface area is 212 Å². The maximum atomic E-state index is 13.0. The van der Waals surface area contributed by atoms with E-state index in [1.807, 2.05) is 51.1 Å². The zero-order valence-electron chi connectivity index (χ0n) is 20.9. The van der Waals surface area contributed by atoms with Crippen LogP contribution in [0.25, 0.3) is 0 Å². The highest BCUT2D eigenvalue weighted by molar-refractivity contribution is 7.91. The fourth-order valence-corrected chi connectivity index (χ4v) is 4.71. The Bertz CT molecular complexity index is 1280. The largest absolute Gasteiger partial charge is 0.444 e. The molecular formula is C28H31NO6S. The molecule has 3 rings (SSSR count). The predicted molar refractivity (Wildman–Crippen MR) is 136 cm³/mol. The smallest absolute Gasteiger partial charge is 0.410 e. The Morgan fingerprint density at radius 1 is 0.806 bits per heavy atom. The fourth-order valence-electron chi connectivity index (χ4n) is 3.45. The first-order valence-corrected chi connectivity index (χ1v) is 13.1. The minimum atomic E-state index is -3.73. The number of nitrogens with zero attached hydrogens (tertiary/aromatic N) is 1. The molecular weight excluding hydrogens is 478 g/mol. The zero-order valence-corrected chi connectivity index (χ0v) is 21.7. The number of hydrogen-bond acceptors (Lipinski definition) is 6. The topological polar surface area (TPSA) is 90.0 Å². The lowest BCUT2D eigenvalue weighted by atomic mass is 10.1. The molecule has 36 heavy (non-hydrogen) atoms. The minimum Gasteiger partial charge on any atom is -0.444 e. The van der Waals surface area contributed by atoms with Crippen molar-refractivity contribution in [2.45, 2.75) is 56.1 Å². The molecule has 0 aromatic heterocycles. The molecule has 0 saturated carbocycles. The van der Waals surface area contributed by atoms with E-state index < -0.39 is 27.5 Å². The monoisotopic (exact) mass is 509 g/mol. The lowest BCUT2D eigenvalue weighted by Gasteiger charge is -2.27. The summed E-state index contributed by atoms with van der Waals surface area (Å²) in [4.78, 5) is 25.8. The molecule has 190 valence electrons. The molecule has 0 aliphatic heterocycles. The third-order valence-electron chi connectivity index (χ3n) is 5.17. The van der Waals surface area contributed by atoms with Crippen molar-refractivity contribution in [3.05, 3.63) is 90.0 Å². The van der Waals surface area contributed by atoms with E-state index in [1.54, 1.807) is 29.2 Å². The van der Waals surface area contributed by atoms with Crippen LogP contribution in [0.15, 0.2) is 88.7 Å². The first-order chi connectivity index (χ1) is 16.9. The lowest BCUT2D eigenvalue weighted by molar-refractivity contribution is -0.131. The van der Waals surface area contributed by atoms with E-state index in [0.29, 0.717) is 19.5 Å². The summed E-state index contributed by atoms with van der Waals surface area (Å²) in [5.74, 6) is -0.197. The molecule has 0 aliphatic carbocycles. The van der Waals surface area contributed by atoms with E-state index in [2.05, 4.69) is 0 Å². The van der Waals surface area contributed by atoms with E-state index in [9.17, 15) is 18.0 Å². The van der Waals surface area contributed by atoms with Crippen LogP contribution in [0.4, 0.5) is 4.79 Å². The normalized spacial score (nSPS) is 11.6. The number of rotatable bonds is 8. The Morgan fingerprint density at radius 3 is 1.89 bits per heavy atom. The molecule has 0 saturated heterocycles. The maximum Gasteiger partial charge on any atom is 0.410 e. The van der Waals surface area contributed by atoms with Gasteiger partial charge in [0.05, 0.1) is 9.79 Å². The Hall–Kier alpha value is -3.65. The molecule has 8 heteroatoms. The van der Waals surface area contributed by atoms with Crippen LogP contribution < -0.4 is 4.74 Å². The van der Waals surface area contributed by atoms with Gasteiger partial charge in [-0.15, -0.1) is 0 Å². The molecule has 1 amide bonds. The standard InChI is InChI=1S/C28H31NO6S/c1-21(30)34-24-12-16-26(17-13-24)36(32,33)25-14-10-22(11-15-25)18-19-29(27(31)35-28(2,3)4)20-23-8-6-5-7-9-23/h5-17H,18-20H2,1-4H3. The van der Waals surface area contributed by atoms with E-state index in [0.717, 1.165) is 11.1 Å². The summed E-state index contributed by atoms with van der Waals surface area (Å²) < 4.78 is 36.5. The molecule has 0 aliphatic rings. The fraction of sp³-hybridized carbons (Fsp3) is 0.286. The second-order valence-corrected chi connectivity index (χ2v) is 11.3. The highest BCUT2D eigenvalue weighted by atomic mass is 32.2. The van der Waals surface area contributed by atoms with Gasteiger partial charge in [-0.25, -0.2) is 13.2 Å². The molecule has 0 spiro atoms. The first-order valence-electron chi connectivity index (χ1n) is 11.6. The van der Waals surface area contributed by atoms with Gasteiger partial charge >= 0.3 is 12.1 Å². The molecule has 0 unspecified atom stereocenters. The van der Waals surface area contributed by atoms with Gasteiger partial charge in [-0.2, -0.15) is 0 Å². The van der Waals surface area contributed by atoms with Crippen molar-refractivity contribution >= 4 is 21.9 Å². The molecule has 0 fully saturated rings. The van der Waals surface area contributed by atoms with Crippen molar-refractivity contribution in [2.75, 3.05) is 6.54 Å². The van der Waals surface area contributed by atoms with Gasteiger partial charge in [0.2, 0.25) is 9.84 Å². The molecule has 0 bridgehead atoms. The van der Waals surface area contributed by atoms with Crippen LogP contribution in [-0.4, -0.2) is 37.5 Å². The van der Waals surface area contributed by atoms with Gasteiger partial charge in [-0.1, -0.05) is 42.5 Å². The highest BCUT2D eigenvalue weighted by Crippen LogP contribution is 2.24. The van der Waals surface area contributed by atoms with Gasteiger partial charge in [0.1, 0.15) is 11.4 Å². The molecule has 7 nitrogen and oxygen atoms in total. The molecule has 0 heterocycles. The van der Waals surface area contributed by atoms with Crippen LogP contribution in [0.5, 0.6) is 5.75 Å². The number of amides is 1. The second-order valence-electron chi connectivity index (χ2n) is 9.35. The summed E-state index contributed by atoms with van der Waals surface area (Å²) in [6.07, 6.45) is 0.131. The average Bonchev–Trinajstić information content (AvgIpc) is 2.81. The van der Waals surface area contributed by atoms with Crippen LogP contribution in [0.3, 0.4) is 0 Å². The zero-order chi connectivity index (χ0) is 26.3. The molecule has 0 radical (unpaired) electrons. The average molecular weight is 510 g/mol. The quantitative estimate of drug-likeness (QED) is 0.297. The van der Waals surface area contributed by atoms with Crippen molar-refractivity contribution in [2.24, 2.45) is 0 Å². The van der Waals surface area contributed by atoms with Crippen LogP contribution in [-0.2, 0) is 32.3 Å². The summed E-state index contributed by atoms with van der Waals surface area (Å²) in [5, 5.41) is 0. The van der Waals surface area contributed by atoms with E-state index in [-0.39, 0.29) is 15.5 Å². The number of benzene rings is 3. The Kier molecular flexibility index (Phi) is 8.53. The maximum absolute atomic E-state index is 13.0. The van der Waals surface area contributed by atoms with Gasteiger partial charge in [-0.3, -0.25) is 4.79 Å². The number of hydrogen-bond donors (Lipinski definition) is 0. The first kappa shape index (κ1) is 26.9. The van der Waals surface area contributed by atoms with Crippen LogP contribution in [0.2, 0.25) is 0 Å². The van der Waals surface area contributed by atoms with Crippen molar-refractivity contribution in [1.29, 1.82) is 0 Å². The summed E-state index contributed by atoms with van der Waals surface area (Å²) in [6, 6.07) is 22.0. The molecule has 3 aromatic rings. The molecule has 0 N–H and O–H groups in total. The number of ether oxygens (including phenoxy) is 2. The van der Waals surface area contributed by atoms with Gasteiger partial charge < -0.3 is 14.4 Å². The number of carbonyl (C=O) groups is 2.